The molecule has 0 aliphatic heterocycles. The molecule has 0 amide bonds. The molecule has 2 rings (SSSR count). The molecule has 2 aliphatic rings. The zero-order chi connectivity index (χ0) is 10.8. The summed E-state index contributed by atoms with van der Waals surface area (Å²) in [6, 6.07) is 0. The molecule has 2 aliphatic carbocycles. The van der Waals surface area contributed by atoms with Gasteiger partial charge in [-0.25, -0.2) is 0 Å². The van der Waals surface area contributed by atoms with Crippen LogP contribution in [0.1, 0.15) is 40.0 Å². The lowest BCUT2D eigenvalue weighted by atomic mass is 9.63. The second-order valence-electron chi connectivity index (χ2n) is 5.77. The van der Waals surface area contributed by atoms with Crippen molar-refractivity contribution in [1.29, 1.82) is 0 Å². The van der Waals surface area contributed by atoms with Crippen LogP contribution in [0.15, 0.2) is 0 Å². The fourth-order valence-electron chi connectivity index (χ4n) is 3.69. The first-order valence-electron chi connectivity index (χ1n) is 5.28. The molecule has 80 valence electrons. The number of carbonyl (C=O) groups is 1. The van der Waals surface area contributed by atoms with Gasteiger partial charge >= 0.3 is 5.97 Å². The van der Waals surface area contributed by atoms with Crippen LogP contribution in [0.4, 0.5) is 0 Å². The van der Waals surface area contributed by atoms with Gasteiger partial charge in [-0.15, -0.1) is 0 Å². The molecule has 0 saturated heterocycles. The predicted octanol–water partition coefficient (Wildman–Crippen LogP) is 1.61. The van der Waals surface area contributed by atoms with Crippen LogP contribution in [0.25, 0.3) is 0 Å². The van der Waals surface area contributed by atoms with Gasteiger partial charge in [0.15, 0.2) is 0 Å². The van der Waals surface area contributed by atoms with E-state index in [2.05, 4.69) is 13.8 Å². The Balaban J connectivity index is 2.50. The molecule has 0 aromatic carbocycles. The van der Waals surface area contributed by atoms with Crippen molar-refractivity contribution in [2.24, 2.45) is 22.5 Å². The molecule has 0 radical (unpaired) electrons. The first-order valence-corrected chi connectivity index (χ1v) is 5.28. The first kappa shape index (κ1) is 9.97. The highest BCUT2D eigenvalue weighted by Gasteiger charge is 2.70. The molecule has 3 N–H and O–H groups in total. The number of aliphatic carboxylic acids is 1. The van der Waals surface area contributed by atoms with Gasteiger partial charge < -0.3 is 10.8 Å². The van der Waals surface area contributed by atoms with Crippen LogP contribution in [-0.4, -0.2) is 16.6 Å². The highest BCUT2D eigenvalue weighted by molar-refractivity contribution is 5.81. The number of nitrogens with two attached hydrogens (primary N) is 1. The normalized spacial score (nSPS) is 49.6. The van der Waals surface area contributed by atoms with Crippen molar-refractivity contribution >= 4 is 5.97 Å². The SMILES string of the molecule is CC1(C)[C@@H]2CC[C@]1(C)[C@@](N)(C(=O)O)C2. The van der Waals surface area contributed by atoms with Gasteiger partial charge in [0.25, 0.3) is 0 Å². The van der Waals surface area contributed by atoms with Gasteiger partial charge in [0, 0.05) is 5.41 Å². The number of rotatable bonds is 1. The topological polar surface area (TPSA) is 63.3 Å². The minimum atomic E-state index is -1.00. The lowest BCUT2D eigenvalue weighted by molar-refractivity contribution is -0.149. The lowest BCUT2D eigenvalue weighted by Crippen LogP contribution is -2.59. The first-order chi connectivity index (χ1) is 6.26. The van der Waals surface area contributed by atoms with Crippen molar-refractivity contribution in [3.63, 3.8) is 0 Å². The molecule has 14 heavy (non-hydrogen) atoms. The van der Waals surface area contributed by atoms with E-state index in [1.807, 2.05) is 6.92 Å². The highest BCUT2D eigenvalue weighted by atomic mass is 16.4. The highest BCUT2D eigenvalue weighted by Crippen LogP contribution is 2.68. The van der Waals surface area contributed by atoms with E-state index >= 15 is 0 Å². The van der Waals surface area contributed by atoms with Gasteiger partial charge in [-0.2, -0.15) is 0 Å². The van der Waals surface area contributed by atoms with Crippen LogP contribution in [-0.2, 0) is 4.79 Å². The maximum Gasteiger partial charge on any atom is 0.324 e. The van der Waals surface area contributed by atoms with Gasteiger partial charge in [-0.05, 0) is 30.6 Å². The molecule has 3 atom stereocenters. The van der Waals surface area contributed by atoms with Crippen LogP contribution in [0.2, 0.25) is 0 Å². The maximum absolute atomic E-state index is 11.3. The Bertz CT molecular complexity index is 300. The van der Waals surface area contributed by atoms with Crippen molar-refractivity contribution < 1.29 is 9.90 Å². The Morgan fingerprint density at radius 3 is 2.21 bits per heavy atom. The Morgan fingerprint density at radius 2 is 2.00 bits per heavy atom. The smallest absolute Gasteiger partial charge is 0.324 e. The van der Waals surface area contributed by atoms with Crippen LogP contribution in [0, 0.1) is 16.7 Å². The standard InChI is InChI=1S/C11H19NO2/c1-9(2)7-4-5-10(9,3)11(12,6-7)8(13)14/h7H,4-6,12H2,1-3H3,(H,13,14)/t7-,10+,11+/m1/s1. The van der Waals surface area contributed by atoms with Crippen LogP contribution in [0.5, 0.6) is 0 Å². The number of carboxylic acid groups (broad SMARTS) is 1. The molecule has 0 aromatic heterocycles. The number of fused-ring (bicyclic) bond motifs is 2. The number of hydrogen-bond acceptors (Lipinski definition) is 2. The van der Waals surface area contributed by atoms with Crippen LogP contribution in [0.3, 0.4) is 0 Å². The van der Waals surface area contributed by atoms with Gasteiger partial charge in [0.05, 0.1) is 0 Å². The van der Waals surface area contributed by atoms with E-state index in [0.29, 0.717) is 12.3 Å². The van der Waals surface area contributed by atoms with Gasteiger partial charge in [0.1, 0.15) is 5.54 Å². The Hall–Kier alpha value is -0.570. The summed E-state index contributed by atoms with van der Waals surface area (Å²) < 4.78 is 0. The largest absolute Gasteiger partial charge is 0.480 e. The minimum Gasteiger partial charge on any atom is -0.480 e. The molecule has 3 heteroatoms. The van der Waals surface area contributed by atoms with Crippen molar-refractivity contribution in [3.8, 4) is 0 Å². The third kappa shape index (κ3) is 0.761. The fourth-order valence-corrected chi connectivity index (χ4v) is 3.69. The molecular weight excluding hydrogens is 178 g/mol. The van der Waals surface area contributed by atoms with E-state index in [-0.39, 0.29) is 10.8 Å². The zero-order valence-electron chi connectivity index (χ0n) is 9.13. The summed E-state index contributed by atoms with van der Waals surface area (Å²) in [5.41, 5.74) is 4.93. The Morgan fingerprint density at radius 1 is 1.43 bits per heavy atom. The molecular formula is C11H19NO2. The summed E-state index contributed by atoms with van der Waals surface area (Å²) in [7, 11) is 0. The van der Waals surface area contributed by atoms with Gasteiger partial charge in [-0.1, -0.05) is 20.8 Å². The van der Waals surface area contributed by atoms with E-state index in [1.54, 1.807) is 0 Å². The molecule has 0 unspecified atom stereocenters. The molecule has 2 fully saturated rings. The second-order valence-corrected chi connectivity index (χ2v) is 5.77. The van der Waals surface area contributed by atoms with E-state index < -0.39 is 11.5 Å². The van der Waals surface area contributed by atoms with Crippen molar-refractivity contribution in [2.75, 3.05) is 0 Å². The molecule has 0 aromatic rings. The Kier molecular flexibility index (Phi) is 1.65. The van der Waals surface area contributed by atoms with E-state index in [0.717, 1.165) is 12.8 Å². The monoisotopic (exact) mass is 197 g/mol. The average Bonchev–Trinajstić information content (AvgIpc) is 2.36. The predicted molar refractivity (Wildman–Crippen MR) is 53.8 cm³/mol. The summed E-state index contributed by atoms with van der Waals surface area (Å²) in [6.07, 6.45) is 2.73. The van der Waals surface area contributed by atoms with Gasteiger partial charge in [0.2, 0.25) is 0 Å². The van der Waals surface area contributed by atoms with Crippen LogP contribution >= 0.6 is 0 Å². The zero-order valence-corrected chi connectivity index (χ0v) is 9.13. The van der Waals surface area contributed by atoms with E-state index in [4.69, 9.17) is 5.73 Å². The molecule has 0 heterocycles. The van der Waals surface area contributed by atoms with Crippen molar-refractivity contribution in [1.82, 2.24) is 0 Å². The molecule has 2 bridgehead atoms. The second kappa shape index (κ2) is 2.32. The average molecular weight is 197 g/mol. The number of carboxylic acids is 1. The lowest BCUT2D eigenvalue weighted by Gasteiger charge is -2.43. The molecule has 3 nitrogen and oxygen atoms in total. The fraction of sp³-hybridized carbons (Fsp3) is 0.909. The van der Waals surface area contributed by atoms with Gasteiger partial charge in [-0.3, -0.25) is 4.79 Å². The van der Waals surface area contributed by atoms with E-state index in [1.165, 1.54) is 0 Å². The minimum absolute atomic E-state index is 0.0696. The summed E-state index contributed by atoms with van der Waals surface area (Å²) in [5, 5.41) is 9.27. The maximum atomic E-state index is 11.3. The third-order valence-corrected chi connectivity index (χ3v) is 5.37. The van der Waals surface area contributed by atoms with Crippen LogP contribution < -0.4 is 5.73 Å². The summed E-state index contributed by atoms with van der Waals surface area (Å²) in [6.45, 7) is 6.39. The summed E-state index contributed by atoms with van der Waals surface area (Å²) in [5.74, 6) is -0.344. The Labute approximate surface area is 84.7 Å². The number of hydrogen-bond donors (Lipinski definition) is 2. The summed E-state index contributed by atoms with van der Waals surface area (Å²) in [4.78, 5) is 11.3. The third-order valence-electron chi connectivity index (χ3n) is 5.37. The quantitative estimate of drug-likeness (QED) is 0.671. The van der Waals surface area contributed by atoms with Crippen molar-refractivity contribution in [2.45, 2.75) is 45.6 Å². The molecule has 0 spiro atoms. The molecule has 2 saturated carbocycles. The van der Waals surface area contributed by atoms with E-state index in [9.17, 15) is 9.90 Å². The summed E-state index contributed by atoms with van der Waals surface area (Å²) >= 11 is 0. The van der Waals surface area contributed by atoms with Crippen molar-refractivity contribution in [3.05, 3.63) is 0 Å².